The Morgan fingerprint density at radius 1 is 1.50 bits per heavy atom. The van der Waals surface area contributed by atoms with Crippen molar-refractivity contribution in [2.24, 2.45) is 5.92 Å². The zero-order valence-corrected chi connectivity index (χ0v) is 13.5. The van der Waals surface area contributed by atoms with Crippen LogP contribution in [-0.2, 0) is 21.1 Å². The number of carbonyl (C=O) groups excluding carboxylic acids is 1. The molecule has 1 amide bonds. The van der Waals surface area contributed by atoms with Crippen LogP contribution in [0.2, 0.25) is 0 Å². The van der Waals surface area contributed by atoms with Crippen molar-refractivity contribution in [2.75, 3.05) is 18.1 Å². The predicted molar refractivity (Wildman–Crippen MR) is 83.3 cm³/mol. The molecule has 118 valence electrons. The molecule has 3 rings (SSSR count). The molecule has 0 aliphatic carbocycles. The fourth-order valence-electron chi connectivity index (χ4n) is 2.42. The van der Waals surface area contributed by atoms with E-state index in [1.807, 2.05) is 11.4 Å². The Hall–Kier alpha value is -1.67. The van der Waals surface area contributed by atoms with Gasteiger partial charge in [-0.3, -0.25) is 4.79 Å². The number of rotatable bonds is 5. The van der Waals surface area contributed by atoms with Crippen molar-refractivity contribution >= 4 is 27.1 Å². The molecule has 1 N–H and O–H groups in total. The van der Waals surface area contributed by atoms with Crippen LogP contribution in [0, 0.1) is 5.92 Å². The number of hydrogen-bond acceptors (Lipinski definition) is 6. The molecule has 0 bridgehead atoms. The second-order valence-electron chi connectivity index (χ2n) is 5.37. The van der Waals surface area contributed by atoms with Gasteiger partial charge in [-0.1, -0.05) is 0 Å². The van der Waals surface area contributed by atoms with Gasteiger partial charge in [0, 0.05) is 11.9 Å². The highest BCUT2D eigenvalue weighted by Gasteiger charge is 2.27. The van der Waals surface area contributed by atoms with Crippen LogP contribution >= 0.6 is 11.3 Å². The van der Waals surface area contributed by atoms with Gasteiger partial charge in [0.2, 0.25) is 5.91 Å². The van der Waals surface area contributed by atoms with Crippen molar-refractivity contribution in [3.05, 3.63) is 29.5 Å². The molecule has 0 unspecified atom stereocenters. The lowest BCUT2D eigenvalue weighted by molar-refractivity contribution is -0.120. The van der Waals surface area contributed by atoms with Crippen LogP contribution in [-0.4, -0.2) is 37.4 Å². The van der Waals surface area contributed by atoms with Gasteiger partial charge in [-0.15, -0.1) is 11.3 Å². The van der Waals surface area contributed by atoms with E-state index in [2.05, 4.69) is 10.3 Å². The SMILES string of the molecule is O=C(Cc1csc(-c2ccco2)n1)NC[C@@H]1CCS(=O)(=O)C1. The summed E-state index contributed by atoms with van der Waals surface area (Å²) in [6.45, 7) is 0.410. The van der Waals surface area contributed by atoms with Crippen molar-refractivity contribution in [2.45, 2.75) is 12.8 Å². The molecule has 6 nitrogen and oxygen atoms in total. The van der Waals surface area contributed by atoms with Gasteiger partial charge in [0.1, 0.15) is 0 Å². The summed E-state index contributed by atoms with van der Waals surface area (Å²) in [6, 6.07) is 3.61. The molecule has 3 heterocycles. The molecule has 0 spiro atoms. The van der Waals surface area contributed by atoms with Crippen molar-refractivity contribution in [1.82, 2.24) is 10.3 Å². The Morgan fingerprint density at radius 2 is 2.36 bits per heavy atom. The van der Waals surface area contributed by atoms with Crippen molar-refractivity contribution < 1.29 is 17.6 Å². The Labute approximate surface area is 132 Å². The largest absolute Gasteiger partial charge is 0.462 e. The second-order valence-corrected chi connectivity index (χ2v) is 8.46. The van der Waals surface area contributed by atoms with Gasteiger partial charge >= 0.3 is 0 Å². The lowest BCUT2D eigenvalue weighted by Crippen LogP contribution is -2.31. The Bertz CT molecular complexity index is 750. The first-order valence-electron chi connectivity index (χ1n) is 6.97. The molecule has 1 atom stereocenters. The average Bonchev–Trinajstić information content (AvgIpc) is 3.16. The van der Waals surface area contributed by atoms with Crippen LogP contribution in [0.15, 0.2) is 28.2 Å². The minimum Gasteiger partial charge on any atom is -0.462 e. The van der Waals surface area contributed by atoms with E-state index in [9.17, 15) is 13.2 Å². The first kappa shape index (κ1) is 15.2. The number of amides is 1. The highest BCUT2D eigenvalue weighted by atomic mass is 32.2. The van der Waals surface area contributed by atoms with Crippen molar-refractivity contribution in [1.29, 1.82) is 0 Å². The van der Waals surface area contributed by atoms with Gasteiger partial charge < -0.3 is 9.73 Å². The maximum atomic E-state index is 11.9. The summed E-state index contributed by atoms with van der Waals surface area (Å²) in [6.07, 6.45) is 2.40. The third-order valence-electron chi connectivity index (χ3n) is 3.54. The monoisotopic (exact) mass is 340 g/mol. The van der Waals surface area contributed by atoms with Crippen LogP contribution in [0.1, 0.15) is 12.1 Å². The smallest absolute Gasteiger partial charge is 0.226 e. The molecule has 1 aliphatic rings. The number of carbonyl (C=O) groups is 1. The summed E-state index contributed by atoms with van der Waals surface area (Å²) in [5, 5.41) is 5.37. The number of furan rings is 1. The molecule has 1 saturated heterocycles. The van der Waals surface area contributed by atoms with E-state index in [1.165, 1.54) is 11.3 Å². The van der Waals surface area contributed by atoms with Crippen LogP contribution in [0.4, 0.5) is 0 Å². The van der Waals surface area contributed by atoms with Crippen molar-refractivity contribution in [3.8, 4) is 10.8 Å². The van der Waals surface area contributed by atoms with Gasteiger partial charge in [0.05, 0.1) is 29.9 Å². The molecule has 1 fully saturated rings. The lowest BCUT2D eigenvalue weighted by atomic mass is 10.1. The number of thiazole rings is 1. The topological polar surface area (TPSA) is 89.3 Å². The maximum absolute atomic E-state index is 11.9. The number of aromatic nitrogens is 1. The van der Waals surface area contributed by atoms with Gasteiger partial charge in [0.25, 0.3) is 0 Å². The quantitative estimate of drug-likeness (QED) is 0.891. The van der Waals surface area contributed by atoms with E-state index < -0.39 is 9.84 Å². The normalized spacial score (nSPS) is 20.1. The fourth-order valence-corrected chi connectivity index (χ4v) is 5.07. The van der Waals surface area contributed by atoms with Crippen molar-refractivity contribution in [3.63, 3.8) is 0 Å². The van der Waals surface area contributed by atoms with E-state index in [0.29, 0.717) is 24.4 Å². The number of hydrogen-bond donors (Lipinski definition) is 1. The molecule has 2 aromatic rings. The predicted octanol–water partition coefficient (Wildman–Crippen LogP) is 1.50. The Balaban J connectivity index is 1.50. The Kier molecular flexibility index (Phi) is 4.30. The molecular weight excluding hydrogens is 324 g/mol. The minimum atomic E-state index is -2.90. The summed E-state index contributed by atoms with van der Waals surface area (Å²) in [5.74, 6) is 0.982. The van der Waals surface area contributed by atoms with Gasteiger partial charge in [-0.2, -0.15) is 0 Å². The molecule has 0 aromatic carbocycles. The summed E-state index contributed by atoms with van der Waals surface area (Å²) in [4.78, 5) is 16.3. The minimum absolute atomic E-state index is 0.0306. The standard InChI is InChI=1S/C14H16N2O4S2/c17-13(15-7-10-3-5-22(18,19)9-10)6-11-8-21-14(16-11)12-2-1-4-20-12/h1-2,4,8,10H,3,5-7,9H2,(H,15,17)/t10-/m0/s1. The van der Waals surface area contributed by atoms with Crippen LogP contribution in [0.3, 0.4) is 0 Å². The zero-order chi connectivity index (χ0) is 15.6. The van der Waals surface area contributed by atoms with E-state index in [0.717, 1.165) is 5.01 Å². The van der Waals surface area contributed by atoms with Crippen LogP contribution in [0.25, 0.3) is 10.8 Å². The number of nitrogens with zero attached hydrogens (tertiary/aromatic N) is 1. The first-order chi connectivity index (χ1) is 10.5. The maximum Gasteiger partial charge on any atom is 0.226 e. The number of nitrogens with one attached hydrogen (secondary N) is 1. The van der Waals surface area contributed by atoms with E-state index >= 15 is 0 Å². The van der Waals surface area contributed by atoms with Gasteiger partial charge in [0.15, 0.2) is 20.6 Å². The number of sulfone groups is 1. The third-order valence-corrected chi connectivity index (χ3v) is 6.28. The molecule has 0 radical (unpaired) electrons. The van der Waals surface area contributed by atoms with Crippen LogP contribution < -0.4 is 5.32 Å². The fraction of sp³-hybridized carbons (Fsp3) is 0.429. The summed E-state index contributed by atoms with van der Waals surface area (Å²) >= 11 is 1.43. The van der Waals surface area contributed by atoms with Gasteiger partial charge in [-0.05, 0) is 24.5 Å². The summed E-state index contributed by atoms with van der Waals surface area (Å²) in [7, 11) is -2.90. The highest BCUT2D eigenvalue weighted by molar-refractivity contribution is 7.91. The summed E-state index contributed by atoms with van der Waals surface area (Å²) in [5.41, 5.74) is 0.688. The molecule has 22 heavy (non-hydrogen) atoms. The van der Waals surface area contributed by atoms with E-state index in [4.69, 9.17) is 4.42 Å². The van der Waals surface area contributed by atoms with E-state index in [1.54, 1.807) is 12.3 Å². The first-order valence-corrected chi connectivity index (χ1v) is 9.67. The highest BCUT2D eigenvalue weighted by Crippen LogP contribution is 2.24. The average molecular weight is 340 g/mol. The molecule has 2 aromatic heterocycles. The second kappa shape index (κ2) is 6.21. The van der Waals surface area contributed by atoms with E-state index in [-0.39, 0.29) is 29.8 Å². The molecule has 0 saturated carbocycles. The third kappa shape index (κ3) is 3.75. The molecule has 1 aliphatic heterocycles. The zero-order valence-electron chi connectivity index (χ0n) is 11.8. The summed E-state index contributed by atoms with van der Waals surface area (Å²) < 4.78 is 28.0. The lowest BCUT2D eigenvalue weighted by Gasteiger charge is -2.08. The van der Waals surface area contributed by atoms with Crippen LogP contribution in [0.5, 0.6) is 0 Å². The Morgan fingerprint density at radius 3 is 3.05 bits per heavy atom. The van der Waals surface area contributed by atoms with Gasteiger partial charge in [-0.25, -0.2) is 13.4 Å². The molecule has 8 heteroatoms. The molecular formula is C14H16N2O4S2.